The van der Waals surface area contributed by atoms with Crippen LogP contribution in [0, 0.1) is 0 Å². The number of aromatic hydroxyl groups is 1. The molecule has 1 aliphatic rings. The average Bonchev–Trinajstić information content (AvgIpc) is 2.46. The van der Waals surface area contributed by atoms with E-state index < -0.39 is 0 Å². The smallest absolute Gasteiger partial charge is 0.257 e. The van der Waals surface area contributed by atoms with E-state index >= 15 is 0 Å². The Kier molecular flexibility index (Phi) is 6.01. The van der Waals surface area contributed by atoms with Gasteiger partial charge in [-0.05, 0) is 32.0 Å². The molecule has 2 N–H and O–H groups in total. The molecule has 0 spiro atoms. The second-order valence-corrected chi connectivity index (χ2v) is 6.87. The van der Waals surface area contributed by atoms with E-state index in [1.54, 1.807) is 17.0 Å². The molecule has 0 aliphatic carbocycles. The fourth-order valence-corrected chi connectivity index (χ4v) is 2.88. The summed E-state index contributed by atoms with van der Waals surface area (Å²) in [5.41, 5.74) is 0.305. The molecule has 1 aliphatic heterocycles. The van der Waals surface area contributed by atoms with Crippen LogP contribution in [-0.2, 0) is 4.79 Å². The van der Waals surface area contributed by atoms with Crippen molar-refractivity contribution in [1.29, 1.82) is 0 Å². The lowest BCUT2D eigenvalue weighted by molar-refractivity contribution is -0.123. The van der Waals surface area contributed by atoms with Crippen molar-refractivity contribution in [2.75, 3.05) is 32.7 Å². The van der Waals surface area contributed by atoms with E-state index in [1.807, 2.05) is 18.7 Å². The molecule has 0 unspecified atom stereocenters. The molecule has 1 heterocycles. The van der Waals surface area contributed by atoms with Gasteiger partial charge in [0.25, 0.3) is 5.91 Å². The average molecular weight is 384 g/mol. The summed E-state index contributed by atoms with van der Waals surface area (Å²) >= 11 is 3.26. The van der Waals surface area contributed by atoms with E-state index in [-0.39, 0.29) is 23.6 Å². The Bertz CT molecular complexity index is 584. The molecule has 6 nitrogen and oxygen atoms in total. The fraction of sp³-hybridized carbons (Fsp3) is 0.500. The Labute approximate surface area is 144 Å². The number of amides is 2. The summed E-state index contributed by atoms with van der Waals surface area (Å²) in [5.74, 6) is -0.199. The third-order valence-corrected chi connectivity index (χ3v) is 4.16. The topological polar surface area (TPSA) is 72.9 Å². The number of hydrogen-bond donors (Lipinski definition) is 2. The van der Waals surface area contributed by atoms with E-state index in [2.05, 4.69) is 21.2 Å². The molecule has 2 amide bonds. The number of nitrogens with zero attached hydrogens (tertiary/aromatic N) is 2. The van der Waals surface area contributed by atoms with Crippen molar-refractivity contribution in [2.24, 2.45) is 0 Å². The highest BCUT2D eigenvalue weighted by molar-refractivity contribution is 9.10. The molecule has 0 radical (unpaired) electrons. The summed E-state index contributed by atoms with van der Waals surface area (Å²) in [7, 11) is 0. The Morgan fingerprint density at radius 3 is 2.48 bits per heavy atom. The van der Waals surface area contributed by atoms with Crippen LogP contribution in [0.2, 0.25) is 0 Å². The van der Waals surface area contributed by atoms with E-state index in [0.717, 1.165) is 4.47 Å². The van der Waals surface area contributed by atoms with Crippen molar-refractivity contribution < 1.29 is 14.7 Å². The first kappa shape index (κ1) is 17.7. The van der Waals surface area contributed by atoms with Crippen LogP contribution in [0.25, 0.3) is 0 Å². The number of phenolic OH excluding ortho intramolecular Hbond substituents is 1. The highest BCUT2D eigenvalue weighted by atomic mass is 79.9. The molecule has 1 fully saturated rings. The number of benzene rings is 1. The van der Waals surface area contributed by atoms with Gasteiger partial charge in [0.05, 0.1) is 12.1 Å². The van der Waals surface area contributed by atoms with Crippen LogP contribution in [0.15, 0.2) is 22.7 Å². The predicted molar refractivity (Wildman–Crippen MR) is 91.4 cm³/mol. The largest absolute Gasteiger partial charge is 0.507 e. The van der Waals surface area contributed by atoms with Gasteiger partial charge in [0, 0.05) is 36.7 Å². The maximum atomic E-state index is 12.5. The number of carbonyl (C=O) groups excluding carboxylic acids is 2. The van der Waals surface area contributed by atoms with Crippen molar-refractivity contribution in [3.8, 4) is 5.75 Å². The van der Waals surface area contributed by atoms with Gasteiger partial charge in [-0.2, -0.15) is 0 Å². The maximum absolute atomic E-state index is 12.5. The first-order chi connectivity index (χ1) is 10.9. The third-order valence-electron chi connectivity index (χ3n) is 3.67. The lowest BCUT2D eigenvalue weighted by Gasteiger charge is -2.34. The summed E-state index contributed by atoms with van der Waals surface area (Å²) in [6.45, 7) is 6.60. The fourth-order valence-electron chi connectivity index (χ4n) is 2.54. The lowest BCUT2D eigenvalue weighted by Crippen LogP contribution is -2.51. The second-order valence-electron chi connectivity index (χ2n) is 5.95. The molecule has 2 rings (SSSR count). The van der Waals surface area contributed by atoms with E-state index in [0.29, 0.717) is 38.3 Å². The van der Waals surface area contributed by atoms with E-state index in [9.17, 15) is 14.7 Å². The summed E-state index contributed by atoms with van der Waals surface area (Å²) in [5, 5.41) is 12.8. The summed E-state index contributed by atoms with van der Waals surface area (Å²) in [6.07, 6.45) is 0. The normalized spacial score (nSPS) is 15.7. The number of piperazine rings is 1. The first-order valence-corrected chi connectivity index (χ1v) is 8.45. The van der Waals surface area contributed by atoms with Gasteiger partial charge in [-0.15, -0.1) is 0 Å². The quantitative estimate of drug-likeness (QED) is 0.824. The van der Waals surface area contributed by atoms with Crippen molar-refractivity contribution in [2.45, 2.75) is 19.9 Å². The van der Waals surface area contributed by atoms with Crippen LogP contribution in [0.5, 0.6) is 5.75 Å². The molecule has 0 atom stereocenters. The van der Waals surface area contributed by atoms with Gasteiger partial charge in [0.15, 0.2) is 0 Å². The van der Waals surface area contributed by atoms with Crippen LogP contribution >= 0.6 is 15.9 Å². The van der Waals surface area contributed by atoms with Crippen molar-refractivity contribution in [3.63, 3.8) is 0 Å². The molecular weight excluding hydrogens is 362 g/mol. The number of nitrogens with one attached hydrogen (secondary N) is 1. The number of phenols is 1. The predicted octanol–water partition coefficient (Wildman–Crippen LogP) is 1.44. The van der Waals surface area contributed by atoms with Crippen LogP contribution in [0.1, 0.15) is 24.2 Å². The summed E-state index contributed by atoms with van der Waals surface area (Å²) < 4.78 is 0.729. The summed E-state index contributed by atoms with van der Waals surface area (Å²) in [6, 6.07) is 4.99. The summed E-state index contributed by atoms with van der Waals surface area (Å²) in [4.78, 5) is 28.0. The van der Waals surface area contributed by atoms with Crippen molar-refractivity contribution >= 4 is 27.7 Å². The van der Waals surface area contributed by atoms with Gasteiger partial charge < -0.3 is 15.3 Å². The van der Waals surface area contributed by atoms with Crippen LogP contribution < -0.4 is 5.32 Å². The van der Waals surface area contributed by atoms with Gasteiger partial charge in [-0.3, -0.25) is 14.5 Å². The monoisotopic (exact) mass is 383 g/mol. The Morgan fingerprint density at radius 2 is 1.91 bits per heavy atom. The molecular formula is C16H22BrN3O3. The Morgan fingerprint density at radius 1 is 1.26 bits per heavy atom. The minimum absolute atomic E-state index is 0.00494. The van der Waals surface area contributed by atoms with Crippen LogP contribution in [-0.4, -0.2) is 65.5 Å². The van der Waals surface area contributed by atoms with E-state index in [1.165, 1.54) is 6.07 Å². The van der Waals surface area contributed by atoms with Gasteiger partial charge in [-0.1, -0.05) is 15.9 Å². The Balaban J connectivity index is 1.89. The van der Waals surface area contributed by atoms with Gasteiger partial charge in [0.2, 0.25) is 5.91 Å². The second kappa shape index (κ2) is 7.79. The molecule has 1 saturated heterocycles. The SMILES string of the molecule is CC(C)NC(=O)CN1CCN(C(=O)c2ccc(Br)cc2O)CC1. The minimum atomic E-state index is -0.179. The minimum Gasteiger partial charge on any atom is -0.507 e. The molecule has 0 saturated carbocycles. The van der Waals surface area contributed by atoms with Crippen LogP contribution in [0.3, 0.4) is 0 Å². The highest BCUT2D eigenvalue weighted by Crippen LogP contribution is 2.24. The molecule has 1 aromatic rings. The number of carbonyl (C=O) groups is 2. The highest BCUT2D eigenvalue weighted by Gasteiger charge is 2.24. The zero-order valence-electron chi connectivity index (χ0n) is 13.4. The zero-order valence-corrected chi connectivity index (χ0v) is 15.0. The standard InChI is InChI=1S/C16H22BrN3O3/c1-11(2)18-15(22)10-19-5-7-20(8-6-19)16(23)13-4-3-12(17)9-14(13)21/h3-4,9,11,21H,5-8,10H2,1-2H3,(H,18,22). The molecule has 0 aromatic heterocycles. The molecule has 7 heteroatoms. The Hall–Kier alpha value is -1.60. The van der Waals surface area contributed by atoms with Crippen molar-refractivity contribution in [3.05, 3.63) is 28.2 Å². The maximum Gasteiger partial charge on any atom is 0.257 e. The van der Waals surface area contributed by atoms with Crippen LogP contribution in [0.4, 0.5) is 0 Å². The molecule has 23 heavy (non-hydrogen) atoms. The molecule has 0 bridgehead atoms. The zero-order chi connectivity index (χ0) is 17.0. The van der Waals surface area contributed by atoms with Crippen molar-refractivity contribution in [1.82, 2.24) is 15.1 Å². The van der Waals surface area contributed by atoms with Gasteiger partial charge in [0.1, 0.15) is 5.75 Å². The number of hydrogen-bond acceptors (Lipinski definition) is 4. The molecule has 1 aromatic carbocycles. The number of halogens is 1. The number of rotatable bonds is 4. The first-order valence-electron chi connectivity index (χ1n) is 7.66. The third kappa shape index (κ3) is 4.94. The lowest BCUT2D eigenvalue weighted by atomic mass is 10.1. The van der Waals surface area contributed by atoms with Gasteiger partial charge >= 0.3 is 0 Å². The molecule has 126 valence electrons. The van der Waals surface area contributed by atoms with Gasteiger partial charge in [-0.25, -0.2) is 0 Å². The van der Waals surface area contributed by atoms with E-state index in [4.69, 9.17) is 0 Å².